The molecule has 3 nitrogen and oxygen atoms in total. The molecule has 0 aliphatic carbocycles. The number of unbranched alkanes of at least 4 members (excludes halogenated alkanes) is 1. The molecule has 0 aromatic heterocycles. The monoisotopic (exact) mass is 397 g/mol. The van der Waals surface area contributed by atoms with Gasteiger partial charge in [0.1, 0.15) is 12.4 Å². The van der Waals surface area contributed by atoms with Gasteiger partial charge in [0, 0.05) is 18.3 Å². The molecule has 0 aliphatic heterocycles. The first-order valence-corrected chi connectivity index (χ1v) is 10.3. The van der Waals surface area contributed by atoms with Crippen LogP contribution in [0.25, 0.3) is 17.2 Å². The van der Waals surface area contributed by atoms with E-state index in [9.17, 15) is 4.79 Å². The van der Waals surface area contributed by atoms with Gasteiger partial charge in [-0.1, -0.05) is 62.4 Å². The molecule has 152 valence electrons. The first kappa shape index (κ1) is 21.3. The van der Waals surface area contributed by atoms with Crippen LogP contribution in [0.2, 0.25) is 0 Å². The van der Waals surface area contributed by atoms with E-state index < -0.39 is 0 Å². The summed E-state index contributed by atoms with van der Waals surface area (Å²) in [5.41, 5.74) is 5.62. The summed E-state index contributed by atoms with van der Waals surface area (Å²) in [6.45, 7) is 7.29. The van der Waals surface area contributed by atoms with E-state index in [1.54, 1.807) is 6.08 Å². The van der Waals surface area contributed by atoms with Gasteiger partial charge in [-0.15, -0.1) is 0 Å². The van der Waals surface area contributed by atoms with E-state index in [2.05, 4.69) is 18.5 Å². The third-order valence-electron chi connectivity index (χ3n) is 4.90. The molecule has 0 N–H and O–H groups in total. The number of nitrogens with zero attached hydrogens (tertiary/aromatic N) is 1. The fourth-order valence-corrected chi connectivity index (χ4v) is 3.17. The van der Waals surface area contributed by atoms with Crippen LogP contribution >= 0.6 is 0 Å². The Labute approximate surface area is 178 Å². The van der Waals surface area contributed by atoms with Crippen molar-refractivity contribution in [3.63, 3.8) is 0 Å². The quantitative estimate of drug-likeness (QED) is 0.219. The molecule has 3 aromatic carbocycles. The highest BCUT2D eigenvalue weighted by atomic mass is 16.5. The predicted molar refractivity (Wildman–Crippen MR) is 125 cm³/mol. The minimum Gasteiger partial charge on any atom is -0.489 e. The van der Waals surface area contributed by atoms with Crippen molar-refractivity contribution < 1.29 is 9.53 Å². The highest BCUT2D eigenvalue weighted by Crippen LogP contribution is 2.29. The van der Waals surface area contributed by atoms with Gasteiger partial charge in [0.15, 0.2) is 6.29 Å². The predicted octanol–water partition coefficient (Wildman–Crippen LogP) is 6.61. The Morgan fingerprint density at radius 2 is 1.73 bits per heavy atom. The van der Waals surface area contributed by atoms with E-state index >= 15 is 0 Å². The van der Waals surface area contributed by atoms with Gasteiger partial charge >= 0.3 is 0 Å². The second kappa shape index (κ2) is 10.9. The summed E-state index contributed by atoms with van der Waals surface area (Å²) in [7, 11) is 0. The molecule has 0 aliphatic rings. The molecule has 0 radical (unpaired) electrons. The summed E-state index contributed by atoms with van der Waals surface area (Å²) < 4.78 is 6.04. The molecule has 0 atom stereocenters. The molecule has 3 aromatic rings. The van der Waals surface area contributed by atoms with Gasteiger partial charge in [-0.2, -0.15) is 0 Å². The van der Waals surface area contributed by atoms with E-state index in [4.69, 9.17) is 4.74 Å². The molecule has 0 unspecified atom stereocenters. The number of ether oxygens (including phenoxy) is 1. The summed E-state index contributed by atoms with van der Waals surface area (Å²) >= 11 is 0. The van der Waals surface area contributed by atoms with Crippen LogP contribution in [0.4, 0.5) is 0 Å². The molecule has 3 heteroatoms. The van der Waals surface area contributed by atoms with E-state index in [0.29, 0.717) is 12.2 Å². The standard InChI is InChI=1S/C27H27NO2/c1-3-5-16-28-18-22-11-14-25(15-12-22)30-20-24-13-10-21(4-2)17-27(24)26-9-7-6-8-23(26)19-29/h4,6-15,17-19H,2-3,5,16,20H2,1H3/b28-18+. The lowest BCUT2D eigenvalue weighted by molar-refractivity contribution is 0.112. The van der Waals surface area contributed by atoms with Crippen molar-refractivity contribution in [3.8, 4) is 16.9 Å². The fourth-order valence-electron chi connectivity index (χ4n) is 3.17. The Balaban J connectivity index is 1.78. The molecule has 0 spiro atoms. The summed E-state index contributed by atoms with van der Waals surface area (Å²) in [5.74, 6) is 0.795. The Morgan fingerprint density at radius 3 is 2.47 bits per heavy atom. The average molecular weight is 398 g/mol. The van der Waals surface area contributed by atoms with E-state index in [1.165, 1.54) is 0 Å². The lowest BCUT2D eigenvalue weighted by Gasteiger charge is -2.14. The molecular weight excluding hydrogens is 370 g/mol. The number of aldehydes is 1. The van der Waals surface area contributed by atoms with Gasteiger partial charge in [0.05, 0.1) is 0 Å². The Kier molecular flexibility index (Phi) is 7.73. The molecule has 0 bridgehead atoms. The normalized spacial score (nSPS) is 10.8. The molecule has 0 saturated heterocycles. The van der Waals surface area contributed by atoms with Crippen LogP contribution in [0.15, 0.2) is 78.3 Å². The maximum Gasteiger partial charge on any atom is 0.150 e. The second-order valence-corrected chi connectivity index (χ2v) is 7.07. The molecule has 30 heavy (non-hydrogen) atoms. The van der Waals surface area contributed by atoms with Gasteiger partial charge in [0.2, 0.25) is 0 Å². The highest BCUT2D eigenvalue weighted by Gasteiger charge is 2.10. The number of benzene rings is 3. The van der Waals surface area contributed by atoms with Gasteiger partial charge in [-0.3, -0.25) is 9.79 Å². The van der Waals surface area contributed by atoms with Gasteiger partial charge < -0.3 is 4.74 Å². The minimum atomic E-state index is 0.407. The summed E-state index contributed by atoms with van der Waals surface area (Å²) in [5, 5.41) is 0. The SMILES string of the molecule is C=Cc1ccc(COc2ccc(/C=N/CCCC)cc2)c(-c2ccccc2C=O)c1. The first-order chi connectivity index (χ1) is 14.7. The van der Waals surface area contributed by atoms with Crippen LogP contribution in [-0.4, -0.2) is 19.0 Å². The number of rotatable bonds is 10. The van der Waals surface area contributed by atoms with Gasteiger partial charge in [0.25, 0.3) is 0 Å². The highest BCUT2D eigenvalue weighted by molar-refractivity contribution is 5.89. The Hall–Kier alpha value is -3.46. The van der Waals surface area contributed by atoms with Crippen molar-refractivity contribution in [1.29, 1.82) is 0 Å². The summed E-state index contributed by atoms with van der Waals surface area (Å²) in [6, 6.07) is 21.6. The van der Waals surface area contributed by atoms with Crippen molar-refractivity contribution >= 4 is 18.6 Å². The fraction of sp³-hybridized carbons (Fsp3) is 0.185. The van der Waals surface area contributed by atoms with E-state index in [-0.39, 0.29) is 0 Å². The van der Waals surface area contributed by atoms with Crippen LogP contribution < -0.4 is 4.74 Å². The molecule has 0 fully saturated rings. The largest absolute Gasteiger partial charge is 0.489 e. The zero-order chi connectivity index (χ0) is 21.2. The van der Waals surface area contributed by atoms with Crippen molar-refractivity contribution in [2.75, 3.05) is 6.54 Å². The summed E-state index contributed by atoms with van der Waals surface area (Å²) in [4.78, 5) is 16.0. The smallest absolute Gasteiger partial charge is 0.150 e. The zero-order valence-corrected chi connectivity index (χ0v) is 17.4. The number of carbonyl (C=O) groups excluding carboxylic acids is 1. The maximum atomic E-state index is 11.5. The Morgan fingerprint density at radius 1 is 0.967 bits per heavy atom. The molecule has 0 saturated carbocycles. The van der Waals surface area contributed by atoms with Crippen molar-refractivity contribution in [3.05, 3.63) is 95.6 Å². The Bertz CT molecular complexity index is 1020. The third-order valence-corrected chi connectivity index (χ3v) is 4.90. The van der Waals surface area contributed by atoms with Crippen molar-refractivity contribution in [1.82, 2.24) is 0 Å². The zero-order valence-electron chi connectivity index (χ0n) is 17.4. The van der Waals surface area contributed by atoms with Crippen LogP contribution in [0.1, 0.15) is 46.8 Å². The minimum absolute atomic E-state index is 0.407. The number of hydrogen-bond donors (Lipinski definition) is 0. The second-order valence-electron chi connectivity index (χ2n) is 7.07. The maximum absolute atomic E-state index is 11.5. The lowest BCUT2D eigenvalue weighted by Crippen LogP contribution is -2.00. The van der Waals surface area contributed by atoms with Gasteiger partial charge in [-0.05, 0) is 64.6 Å². The molecular formula is C27H27NO2. The third kappa shape index (κ3) is 5.54. The number of carbonyl (C=O) groups is 1. The lowest BCUT2D eigenvalue weighted by atomic mass is 9.94. The molecule has 3 rings (SSSR count). The van der Waals surface area contributed by atoms with Crippen LogP contribution in [-0.2, 0) is 6.61 Å². The van der Waals surface area contributed by atoms with Crippen LogP contribution in [0.3, 0.4) is 0 Å². The first-order valence-electron chi connectivity index (χ1n) is 10.3. The molecule has 0 heterocycles. The van der Waals surface area contributed by atoms with Gasteiger partial charge in [-0.25, -0.2) is 0 Å². The van der Waals surface area contributed by atoms with E-state index in [0.717, 1.165) is 59.2 Å². The van der Waals surface area contributed by atoms with Crippen molar-refractivity contribution in [2.24, 2.45) is 4.99 Å². The van der Waals surface area contributed by atoms with Crippen molar-refractivity contribution in [2.45, 2.75) is 26.4 Å². The molecule has 0 amide bonds. The van der Waals surface area contributed by atoms with Crippen LogP contribution in [0, 0.1) is 0 Å². The number of aliphatic imine (C=N–C) groups is 1. The average Bonchev–Trinajstić information content (AvgIpc) is 2.81. The summed E-state index contributed by atoms with van der Waals surface area (Å²) in [6.07, 6.45) is 6.86. The number of hydrogen-bond acceptors (Lipinski definition) is 3. The van der Waals surface area contributed by atoms with E-state index in [1.807, 2.05) is 72.9 Å². The van der Waals surface area contributed by atoms with Crippen LogP contribution in [0.5, 0.6) is 5.75 Å². The topological polar surface area (TPSA) is 38.7 Å².